The van der Waals surface area contributed by atoms with Crippen LogP contribution >= 0.6 is 11.6 Å². The number of hydrogen-bond donors (Lipinski definition) is 0. The third-order valence-corrected chi connectivity index (χ3v) is 6.44. The van der Waals surface area contributed by atoms with Gasteiger partial charge in [-0.2, -0.15) is 0 Å². The monoisotopic (exact) mass is 618 g/mol. The highest BCUT2D eigenvalue weighted by Crippen LogP contribution is 2.52. The number of rotatable bonds is 22. The largest absolute Gasteiger partial charge is 0.493 e. The first-order chi connectivity index (χ1) is 20.5. The molecule has 0 aliphatic rings. The number of unbranched alkanes of at least 4 members (excludes halogenated alkanes) is 2. The fourth-order valence-corrected chi connectivity index (χ4v) is 4.66. The standard InChI is InChI=1S/C29H43ClO12/c1-31-15-39-22-14-21(35-5)25(40-16-32-2)19(24(22)36-6)12-10-9-11-13-20-26(37-7)29(42-18-34-4)23(30)28(38-8)27(20)41-17-33-3/h14H,9-13,15-18H2,1-8H3. The molecule has 0 aliphatic carbocycles. The summed E-state index contributed by atoms with van der Waals surface area (Å²) in [4.78, 5) is 0. The molecule has 0 aliphatic heterocycles. The Morgan fingerprint density at radius 2 is 0.929 bits per heavy atom. The molecule has 238 valence electrons. The van der Waals surface area contributed by atoms with E-state index in [9.17, 15) is 0 Å². The van der Waals surface area contributed by atoms with Crippen molar-refractivity contribution in [2.75, 3.05) is 84.1 Å². The van der Waals surface area contributed by atoms with Gasteiger partial charge in [0.15, 0.2) is 73.2 Å². The average Bonchev–Trinajstić information content (AvgIpc) is 3.01. The lowest BCUT2D eigenvalue weighted by atomic mass is 10.00. The lowest BCUT2D eigenvalue weighted by molar-refractivity contribution is 0.0444. The van der Waals surface area contributed by atoms with Crippen LogP contribution in [-0.4, -0.2) is 84.1 Å². The van der Waals surface area contributed by atoms with Gasteiger partial charge in [-0.3, -0.25) is 0 Å². The lowest BCUT2D eigenvalue weighted by Gasteiger charge is -2.22. The third-order valence-electron chi connectivity index (χ3n) is 6.10. The molecule has 12 nitrogen and oxygen atoms in total. The molecule has 0 amide bonds. The van der Waals surface area contributed by atoms with E-state index in [4.69, 9.17) is 68.4 Å². The van der Waals surface area contributed by atoms with Gasteiger partial charge in [0, 0.05) is 45.6 Å². The molecule has 42 heavy (non-hydrogen) atoms. The van der Waals surface area contributed by atoms with Crippen molar-refractivity contribution in [3.63, 3.8) is 0 Å². The minimum Gasteiger partial charge on any atom is -0.493 e. The second-order valence-corrected chi connectivity index (χ2v) is 9.08. The van der Waals surface area contributed by atoms with E-state index in [1.807, 2.05) is 0 Å². The molecule has 2 aromatic carbocycles. The molecule has 2 aromatic rings. The predicted molar refractivity (Wildman–Crippen MR) is 155 cm³/mol. The van der Waals surface area contributed by atoms with Crippen LogP contribution in [0.3, 0.4) is 0 Å². The maximum absolute atomic E-state index is 6.62. The first-order valence-electron chi connectivity index (χ1n) is 13.2. The van der Waals surface area contributed by atoms with Crippen molar-refractivity contribution in [1.29, 1.82) is 0 Å². The Balaban J connectivity index is 2.34. The van der Waals surface area contributed by atoms with Crippen LogP contribution in [0.25, 0.3) is 0 Å². The van der Waals surface area contributed by atoms with E-state index in [-0.39, 0.29) is 32.2 Å². The van der Waals surface area contributed by atoms with Gasteiger partial charge in [-0.1, -0.05) is 18.0 Å². The summed E-state index contributed by atoms with van der Waals surface area (Å²) in [6.07, 6.45) is 3.56. The van der Waals surface area contributed by atoms with Crippen LogP contribution in [0.2, 0.25) is 5.02 Å². The van der Waals surface area contributed by atoms with Crippen LogP contribution in [0, 0.1) is 0 Å². The van der Waals surface area contributed by atoms with Crippen molar-refractivity contribution in [3.05, 3.63) is 22.2 Å². The van der Waals surface area contributed by atoms with E-state index in [2.05, 4.69) is 0 Å². The molecule has 0 N–H and O–H groups in total. The Bertz CT molecular complexity index is 1100. The molecule has 0 unspecified atom stereocenters. The van der Waals surface area contributed by atoms with E-state index < -0.39 is 0 Å². The summed E-state index contributed by atoms with van der Waals surface area (Å²) in [5.74, 6) is 3.54. The molecule has 0 bridgehead atoms. The Morgan fingerprint density at radius 1 is 0.452 bits per heavy atom. The van der Waals surface area contributed by atoms with Gasteiger partial charge in [0.05, 0.1) is 28.4 Å². The Kier molecular flexibility index (Phi) is 16.1. The lowest BCUT2D eigenvalue weighted by Crippen LogP contribution is -2.09. The van der Waals surface area contributed by atoms with Crippen LogP contribution in [0.15, 0.2) is 6.07 Å². The molecular weight excluding hydrogens is 576 g/mol. The van der Waals surface area contributed by atoms with Crippen molar-refractivity contribution in [2.24, 2.45) is 0 Å². The average molecular weight is 619 g/mol. The highest BCUT2D eigenvalue weighted by molar-refractivity contribution is 6.34. The Morgan fingerprint density at radius 3 is 1.43 bits per heavy atom. The second kappa shape index (κ2) is 19.2. The smallest absolute Gasteiger partial charge is 0.188 e. The van der Waals surface area contributed by atoms with Gasteiger partial charge >= 0.3 is 0 Å². The molecular formula is C29H43ClO12. The molecule has 0 atom stereocenters. The minimum atomic E-state index is -0.0249. The van der Waals surface area contributed by atoms with E-state index in [0.29, 0.717) is 58.8 Å². The normalized spacial score (nSPS) is 10.8. The number of methoxy groups -OCH3 is 8. The van der Waals surface area contributed by atoms with Crippen molar-refractivity contribution in [2.45, 2.75) is 32.1 Å². The van der Waals surface area contributed by atoms with Gasteiger partial charge < -0.3 is 56.8 Å². The van der Waals surface area contributed by atoms with Crippen molar-refractivity contribution < 1.29 is 56.8 Å². The molecule has 0 aromatic heterocycles. The number of halogens is 1. The Hall–Kier alpha value is -3.03. The third kappa shape index (κ3) is 8.98. The van der Waals surface area contributed by atoms with Gasteiger partial charge in [0.2, 0.25) is 0 Å². The summed E-state index contributed by atoms with van der Waals surface area (Å²) in [6, 6.07) is 1.71. The second-order valence-electron chi connectivity index (χ2n) is 8.70. The van der Waals surface area contributed by atoms with E-state index >= 15 is 0 Å². The first-order valence-corrected chi connectivity index (χ1v) is 13.6. The zero-order valence-electron chi connectivity index (χ0n) is 25.7. The molecule has 0 saturated carbocycles. The fraction of sp³-hybridized carbons (Fsp3) is 0.586. The zero-order chi connectivity index (χ0) is 30.9. The van der Waals surface area contributed by atoms with Gasteiger partial charge in [-0.05, 0) is 25.7 Å². The van der Waals surface area contributed by atoms with Gasteiger partial charge in [0.25, 0.3) is 0 Å². The molecule has 0 saturated heterocycles. The van der Waals surface area contributed by atoms with Crippen molar-refractivity contribution in [1.82, 2.24) is 0 Å². The zero-order valence-corrected chi connectivity index (χ0v) is 26.5. The highest BCUT2D eigenvalue weighted by Gasteiger charge is 2.28. The van der Waals surface area contributed by atoms with Gasteiger partial charge in [0.1, 0.15) is 5.02 Å². The molecule has 13 heteroatoms. The quantitative estimate of drug-likeness (QED) is 0.127. The molecule has 0 heterocycles. The summed E-state index contributed by atoms with van der Waals surface area (Å²) in [6.45, 7) is 0.0608. The predicted octanol–water partition coefficient (Wildman–Crippen LogP) is 5.26. The summed E-state index contributed by atoms with van der Waals surface area (Å²) >= 11 is 6.62. The summed E-state index contributed by atoms with van der Waals surface area (Å²) in [7, 11) is 12.3. The molecule has 0 spiro atoms. The Labute approximate surface area is 252 Å². The summed E-state index contributed by atoms with van der Waals surface area (Å²) in [5, 5.41) is 0.210. The topological polar surface area (TPSA) is 111 Å². The van der Waals surface area contributed by atoms with E-state index in [1.54, 1.807) is 41.6 Å². The van der Waals surface area contributed by atoms with Crippen molar-refractivity contribution in [3.8, 4) is 46.0 Å². The van der Waals surface area contributed by atoms with Crippen LogP contribution in [0.5, 0.6) is 46.0 Å². The highest BCUT2D eigenvalue weighted by atomic mass is 35.5. The first kappa shape index (κ1) is 35.2. The summed E-state index contributed by atoms with van der Waals surface area (Å²) < 4.78 is 66.4. The number of hydrogen-bond acceptors (Lipinski definition) is 12. The SMILES string of the molecule is COCOc1cc(OC)c(OCOC)c(CCCCCc2c(OC)c(OCOC)c(Cl)c(OC)c2OCOC)c1OC. The van der Waals surface area contributed by atoms with Crippen LogP contribution in [-0.2, 0) is 31.8 Å². The van der Waals surface area contributed by atoms with E-state index in [1.165, 1.54) is 21.3 Å². The molecule has 2 rings (SSSR count). The minimum absolute atomic E-state index is 0.00548. The van der Waals surface area contributed by atoms with Crippen molar-refractivity contribution >= 4 is 11.6 Å². The van der Waals surface area contributed by atoms with E-state index in [0.717, 1.165) is 30.4 Å². The maximum Gasteiger partial charge on any atom is 0.188 e. The molecule has 0 fully saturated rings. The van der Waals surface area contributed by atoms with Crippen LogP contribution in [0.4, 0.5) is 0 Å². The van der Waals surface area contributed by atoms with Gasteiger partial charge in [-0.25, -0.2) is 0 Å². The summed E-state index contributed by atoms with van der Waals surface area (Å²) in [5.41, 5.74) is 1.53. The van der Waals surface area contributed by atoms with Gasteiger partial charge in [-0.15, -0.1) is 0 Å². The number of benzene rings is 2. The van der Waals surface area contributed by atoms with Crippen LogP contribution in [0.1, 0.15) is 30.4 Å². The maximum atomic E-state index is 6.62. The fourth-order valence-electron chi connectivity index (χ4n) is 4.36. The number of ether oxygens (including phenoxy) is 12. The molecule has 0 radical (unpaired) electrons. The van der Waals surface area contributed by atoms with Crippen LogP contribution < -0.4 is 37.9 Å².